The van der Waals surface area contributed by atoms with Crippen molar-refractivity contribution < 1.29 is 18.5 Å². The highest BCUT2D eigenvalue weighted by Gasteiger charge is 2.33. The van der Waals surface area contributed by atoms with Crippen LogP contribution in [0.2, 0.25) is 0 Å². The number of aromatic nitrogens is 2. The van der Waals surface area contributed by atoms with E-state index < -0.39 is 0 Å². The predicted molar refractivity (Wildman–Crippen MR) is 100 cm³/mol. The number of amides is 1. The number of furan rings is 1. The van der Waals surface area contributed by atoms with Gasteiger partial charge < -0.3 is 18.6 Å². The quantitative estimate of drug-likeness (QED) is 0.579. The molecule has 1 amide bonds. The number of likely N-dealkylation sites (tertiary alicyclic amines) is 1. The van der Waals surface area contributed by atoms with Gasteiger partial charge in [-0.25, -0.2) is 0 Å². The molecule has 1 unspecified atom stereocenters. The molecule has 7 heteroatoms. The molecule has 0 saturated carbocycles. The van der Waals surface area contributed by atoms with Crippen molar-refractivity contribution in [2.75, 3.05) is 13.2 Å². The number of hydrogen-bond donors (Lipinski definition) is 0. The van der Waals surface area contributed by atoms with Crippen molar-refractivity contribution >= 4 is 5.91 Å². The number of carbonyl (C=O) groups is 1. The Labute approximate surface area is 163 Å². The normalized spacial score (nSPS) is 17.0. The summed E-state index contributed by atoms with van der Waals surface area (Å²) in [6.45, 7) is 1.72. The number of nitrogens with zero attached hydrogens (tertiary/aromatic N) is 3. The molecule has 0 spiro atoms. The molecule has 1 aliphatic heterocycles. The summed E-state index contributed by atoms with van der Waals surface area (Å²) < 4.78 is 16.4. The zero-order chi connectivity index (χ0) is 19.2. The summed E-state index contributed by atoms with van der Waals surface area (Å²) in [5.41, 5.74) is 1.13. The van der Waals surface area contributed by atoms with Gasteiger partial charge in [0.1, 0.15) is 6.04 Å². The first-order valence-electron chi connectivity index (χ1n) is 9.60. The maximum absolute atomic E-state index is 12.7. The first-order chi connectivity index (χ1) is 13.8. The molecule has 7 nitrogen and oxygen atoms in total. The SMILES string of the molecule is O=C(c1ccco1)N1CCCCC1c1nc(CCOCc2ccccc2)no1. The Kier molecular flexibility index (Phi) is 5.82. The summed E-state index contributed by atoms with van der Waals surface area (Å²) >= 11 is 0. The van der Waals surface area contributed by atoms with Crippen molar-refractivity contribution in [1.29, 1.82) is 0 Å². The molecule has 28 heavy (non-hydrogen) atoms. The molecule has 4 rings (SSSR count). The average molecular weight is 381 g/mol. The number of rotatable bonds is 7. The van der Waals surface area contributed by atoms with Crippen molar-refractivity contribution in [3.05, 3.63) is 71.8 Å². The third-order valence-corrected chi connectivity index (χ3v) is 4.85. The molecule has 146 valence electrons. The smallest absolute Gasteiger partial charge is 0.290 e. The molecule has 0 bridgehead atoms. The van der Waals surface area contributed by atoms with Gasteiger partial charge in [0.25, 0.3) is 5.91 Å². The second-order valence-corrected chi connectivity index (χ2v) is 6.82. The minimum absolute atomic E-state index is 0.138. The molecule has 2 aromatic heterocycles. The lowest BCUT2D eigenvalue weighted by molar-refractivity contribution is 0.0529. The van der Waals surface area contributed by atoms with E-state index in [1.807, 2.05) is 30.3 Å². The monoisotopic (exact) mass is 381 g/mol. The Morgan fingerprint density at radius 3 is 2.89 bits per heavy atom. The second-order valence-electron chi connectivity index (χ2n) is 6.82. The van der Waals surface area contributed by atoms with Crippen LogP contribution in [0.5, 0.6) is 0 Å². The van der Waals surface area contributed by atoms with Crippen molar-refractivity contribution in [3.8, 4) is 0 Å². The minimum atomic E-state index is -0.210. The van der Waals surface area contributed by atoms with Crippen molar-refractivity contribution in [1.82, 2.24) is 15.0 Å². The zero-order valence-corrected chi connectivity index (χ0v) is 15.6. The van der Waals surface area contributed by atoms with Crippen LogP contribution in [-0.2, 0) is 17.8 Å². The van der Waals surface area contributed by atoms with Gasteiger partial charge in [0.15, 0.2) is 11.6 Å². The molecule has 1 fully saturated rings. The van der Waals surface area contributed by atoms with E-state index in [0.717, 1.165) is 24.8 Å². The summed E-state index contributed by atoms with van der Waals surface area (Å²) in [5.74, 6) is 1.28. The highest BCUT2D eigenvalue weighted by atomic mass is 16.5. The predicted octanol–water partition coefficient (Wildman–Crippen LogP) is 3.79. The third-order valence-electron chi connectivity index (χ3n) is 4.85. The number of benzene rings is 1. The largest absolute Gasteiger partial charge is 0.459 e. The van der Waals surface area contributed by atoms with E-state index >= 15 is 0 Å². The maximum atomic E-state index is 12.7. The Balaban J connectivity index is 1.35. The zero-order valence-electron chi connectivity index (χ0n) is 15.6. The molecule has 1 aromatic carbocycles. The Hall–Kier alpha value is -2.93. The highest BCUT2D eigenvalue weighted by molar-refractivity contribution is 5.91. The minimum Gasteiger partial charge on any atom is -0.459 e. The molecule has 0 radical (unpaired) electrons. The first-order valence-corrected chi connectivity index (χ1v) is 9.60. The molecule has 1 aliphatic rings. The van der Waals surface area contributed by atoms with E-state index in [1.165, 1.54) is 6.26 Å². The first kappa shape index (κ1) is 18.4. The van der Waals surface area contributed by atoms with E-state index in [2.05, 4.69) is 10.1 Å². The van der Waals surface area contributed by atoms with Crippen molar-refractivity contribution in [3.63, 3.8) is 0 Å². The second kappa shape index (κ2) is 8.84. The van der Waals surface area contributed by atoms with Crippen LogP contribution in [-0.4, -0.2) is 34.1 Å². The number of ether oxygens (including phenoxy) is 1. The lowest BCUT2D eigenvalue weighted by Gasteiger charge is -2.32. The summed E-state index contributed by atoms with van der Waals surface area (Å²) in [4.78, 5) is 19.0. The fourth-order valence-electron chi connectivity index (χ4n) is 3.41. The standard InChI is InChI=1S/C21H23N3O4/c25-21(18-10-6-13-27-18)24-12-5-4-9-17(24)20-22-19(23-28-20)11-14-26-15-16-7-2-1-3-8-16/h1-3,6-8,10,13,17H,4-5,9,11-12,14-15H2. The van der Waals surface area contributed by atoms with Crippen molar-refractivity contribution in [2.24, 2.45) is 0 Å². The van der Waals surface area contributed by atoms with Gasteiger partial charge in [-0.3, -0.25) is 4.79 Å². The Bertz CT molecular complexity index is 876. The Morgan fingerprint density at radius 2 is 2.07 bits per heavy atom. The van der Waals surface area contributed by atoms with E-state index in [4.69, 9.17) is 13.7 Å². The van der Waals surface area contributed by atoms with Crippen LogP contribution in [0.3, 0.4) is 0 Å². The molecule has 1 saturated heterocycles. The summed E-state index contributed by atoms with van der Waals surface area (Å²) in [7, 11) is 0. The van der Waals surface area contributed by atoms with Crippen LogP contribution in [0.15, 0.2) is 57.7 Å². The lowest BCUT2D eigenvalue weighted by Crippen LogP contribution is -2.38. The van der Waals surface area contributed by atoms with Gasteiger partial charge in [-0.2, -0.15) is 4.98 Å². The number of hydrogen-bond acceptors (Lipinski definition) is 6. The van der Waals surface area contributed by atoms with E-state index in [0.29, 0.717) is 43.7 Å². The van der Waals surface area contributed by atoms with Crippen LogP contribution in [0.1, 0.15) is 53.1 Å². The number of carbonyl (C=O) groups excluding carboxylic acids is 1. The molecular weight excluding hydrogens is 358 g/mol. The lowest BCUT2D eigenvalue weighted by atomic mass is 10.0. The van der Waals surface area contributed by atoms with Gasteiger partial charge in [-0.15, -0.1) is 0 Å². The summed E-state index contributed by atoms with van der Waals surface area (Å²) in [5, 5.41) is 4.06. The van der Waals surface area contributed by atoms with Crippen molar-refractivity contribution in [2.45, 2.75) is 38.3 Å². The van der Waals surface area contributed by atoms with E-state index in [9.17, 15) is 4.79 Å². The van der Waals surface area contributed by atoms with Gasteiger partial charge in [0.2, 0.25) is 5.89 Å². The topological polar surface area (TPSA) is 81.6 Å². The highest BCUT2D eigenvalue weighted by Crippen LogP contribution is 2.31. The molecule has 3 aromatic rings. The van der Waals surface area contributed by atoms with E-state index in [1.54, 1.807) is 17.0 Å². The Morgan fingerprint density at radius 1 is 1.18 bits per heavy atom. The summed E-state index contributed by atoms with van der Waals surface area (Å²) in [6, 6.07) is 13.2. The molecule has 0 N–H and O–H groups in total. The van der Waals surface area contributed by atoms with Gasteiger partial charge in [0.05, 0.1) is 19.5 Å². The van der Waals surface area contributed by atoms with Gasteiger partial charge in [-0.05, 0) is 37.0 Å². The molecule has 1 atom stereocenters. The van der Waals surface area contributed by atoms with Crippen LogP contribution >= 0.6 is 0 Å². The maximum Gasteiger partial charge on any atom is 0.290 e. The summed E-state index contributed by atoms with van der Waals surface area (Å²) in [6.07, 6.45) is 4.85. The van der Waals surface area contributed by atoms with Crippen LogP contribution < -0.4 is 0 Å². The van der Waals surface area contributed by atoms with Gasteiger partial charge >= 0.3 is 0 Å². The molecule has 3 heterocycles. The van der Waals surface area contributed by atoms with Gasteiger partial charge in [-0.1, -0.05) is 35.5 Å². The van der Waals surface area contributed by atoms with Crippen LogP contribution in [0, 0.1) is 0 Å². The van der Waals surface area contributed by atoms with Crippen LogP contribution in [0.4, 0.5) is 0 Å². The van der Waals surface area contributed by atoms with E-state index in [-0.39, 0.29) is 11.9 Å². The van der Waals surface area contributed by atoms with Crippen LogP contribution in [0.25, 0.3) is 0 Å². The average Bonchev–Trinajstić information content (AvgIpc) is 3.44. The molecule has 0 aliphatic carbocycles. The number of piperidine rings is 1. The third kappa shape index (κ3) is 4.31. The fraction of sp³-hybridized carbons (Fsp3) is 0.381. The van der Waals surface area contributed by atoms with Gasteiger partial charge in [0, 0.05) is 13.0 Å². The molecular formula is C21H23N3O4. The fourth-order valence-corrected chi connectivity index (χ4v) is 3.41.